The lowest BCUT2D eigenvalue weighted by atomic mass is 10.0. The van der Waals surface area contributed by atoms with Crippen LogP contribution < -0.4 is 0 Å². The highest BCUT2D eigenvalue weighted by Gasteiger charge is 2.14. The summed E-state index contributed by atoms with van der Waals surface area (Å²) in [7, 11) is 1.99. The van der Waals surface area contributed by atoms with Crippen LogP contribution in [0.2, 0.25) is 0 Å². The Kier molecular flexibility index (Phi) is 5.75. The van der Waals surface area contributed by atoms with Crippen LogP contribution in [0.4, 0.5) is 10.1 Å². The van der Waals surface area contributed by atoms with Crippen molar-refractivity contribution in [2.24, 2.45) is 4.99 Å². The van der Waals surface area contributed by atoms with Gasteiger partial charge in [0.15, 0.2) is 5.76 Å². The smallest absolute Gasteiger partial charge is 0.167 e. The molecule has 1 aromatic heterocycles. The minimum absolute atomic E-state index is 0.300. The summed E-state index contributed by atoms with van der Waals surface area (Å²) in [6.45, 7) is 7.02. The molecule has 6 heteroatoms. The molecule has 0 saturated heterocycles. The van der Waals surface area contributed by atoms with Gasteiger partial charge < -0.3 is 9.42 Å². The van der Waals surface area contributed by atoms with Crippen LogP contribution in [0.15, 0.2) is 50.4 Å². The highest BCUT2D eigenvalue weighted by molar-refractivity contribution is 9.10. The lowest BCUT2D eigenvalue weighted by Crippen LogP contribution is -2.14. The second-order valence-corrected chi connectivity index (χ2v) is 7.33. The predicted molar refractivity (Wildman–Crippen MR) is 111 cm³/mol. The van der Waals surface area contributed by atoms with Gasteiger partial charge in [0, 0.05) is 35.3 Å². The summed E-state index contributed by atoms with van der Waals surface area (Å²) >= 11 is 3.38. The Bertz CT molecular complexity index is 997. The molecule has 0 aliphatic rings. The van der Waals surface area contributed by atoms with Crippen LogP contribution in [0.25, 0.3) is 22.6 Å². The molecular weight excluding hydrogens is 409 g/mol. The van der Waals surface area contributed by atoms with Crippen LogP contribution in [-0.2, 0) is 0 Å². The maximum absolute atomic E-state index is 13.3. The van der Waals surface area contributed by atoms with Gasteiger partial charge in [-0.3, -0.25) is 0 Å². The van der Waals surface area contributed by atoms with Crippen molar-refractivity contribution in [1.82, 2.24) is 10.1 Å². The summed E-state index contributed by atoms with van der Waals surface area (Å²) in [5.41, 5.74) is 5.43. The number of aromatic nitrogens is 1. The maximum Gasteiger partial charge on any atom is 0.167 e. The van der Waals surface area contributed by atoms with E-state index in [9.17, 15) is 4.39 Å². The molecule has 1 heterocycles. The van der Waals surface area contributed by atoms with Gasteiger partial charge in [-0.05, 0) is 78.2 Å². The van der Waals surface area contributed by atoms with Crippen molar-refractivity contribution in [3.63, 3.8) is 0 Å². The van der Waals surface area contributed by atoms with Crippen molar-refractivity contribution in [1.29, 1.82) is 0 Å². The lowest BCUT2D eigenvalue weighted by Gasteiger charge is -2.10. The van der Waals surface area contributed by atoms with E-state index in [4.69, 9.17) is 4.52 Å². The van der Waals surface area contributed by atoms with E-state index in [1.807, 2.05) is 44.3 Å². The number of hydrogen-bond donors (Lipinski definition) is 0. The van der Waals surface area contributed by atoms with Crippen molar-refractivity contribution >= 4 is 28.0 Å². The Labute approximate surface area is 166 Å². The van der Waals surface area contributed by atoms with Crippen LogP contribution in [0.3, 0.4) is 0 Å². The van der Waals surface area contributed by atoms with Crippen molar-refractivity contribution in [2.45, 2.75) is 20.8 Å². The van der Waals surface area contributed by atoms with Gasteiger partial charge in [0.1, 0.15) is 11.5 Å². The van der Waals surface area contributed by atoms with E-state index in [0.717, 1.165) is 34.5 Å². The van der Waals surface area contributed by atoms with Crippen molar-refractivity contribution < 1.29 is 8.91 Å². The van der Waals surface area contributed by atoms with Crippen molar-refractivity contribution in [2.75, 3.05) is 13.6 Å². The minimum atomic E-state index is -0.300. The molecule has 3 aromatic rings. The zero-order valence-corrected chi connectivity index (χ0v) is 17.3. The number of halogens is 2. The topological polar surface area (TPSA) is 41.6 Å². The predicted octanol–water partition coefficient (Wildman–Crippen LogP) is 6.14. The zero-order valence-electron chi connectivity index (χ0n) is 15.8. The molecular formula is C21H21BrFN3O. The Balaban J connectivity index is 1.95. The number of aliphatic imine (C=N–C) groups is 1. The van der Waals surface area contributed by atoms with E-state index in [-0.39, 0.29) is 5.82 Å². The molecule has 0 amide bonds. The molecule has 0 saturated carbocycles. The molecule has 0 spiro atoms. The van der Waals surface area contributed by atoms with Gasteiger partial charge in [-0.2, -0.15) is 0 Å². The van der Waals surface area contributed by atoms with Crippen LogP contribution in [0.1, 0.15) is 18.1 Å². The van der Waals surface area contributed by atoms with E-state index >= 15 is 0 Å². The number of hydrogen-bond acceptors (Lipinski definition) is 3. The summed E-state index contributed by atoms with van der Waals surface area (Å²) in [6.07, 6.45) is 1.83. The number of aryl methyl sites for hydroxylation is 2. The molecule has 0 atom stereocenters. The zero-order chi connectivity index (χ0) is 19.6. The first-order valence-electron chi connectivity index (χ1n) is 8.67. The van der Waals surface area contributed by atoms with E-state index in [1.54, 1.807) is 6.07 Å². The molecule has 27 heavy (non-hydrogen) atoms. The fourth-order valence-corrected chi connectivity index (χ4v) is 3.23. The third-order valence-electron chi connectivity index (χ3n) is 4.42. The normalized spacial score (nSPS) is 11.3. The van der Waals surface area contributed by atoms with E-state index < -0.39 is 0 Å². The van der Waals surface area contributed by atoms with Crippen LogP contribution in [0.5, 0.6) is 0 Å². The second kappa shape index (κ2) is 8.05. The Hall–Kier alpha value is -2.47. The first kappa shape index (κ1) is 19.3. The van der Waals surface area contributed by atoms with E-state index in [1.165, 1.54) is 12.1 Å². The minimum Gasteiger partial charge on any atom is -0.366 e. The average Bonchev–Trinajstić information content (AvgIpc) is 3.11. The Morgan fingerprint density at radius 1 is 1.15 bits per heavy atom. The van der Waals surface area contributed by atoms with Gasteiger partial charge >= 0.3 is 0 Å². The number of rotatable bonds is 5. The third-order valence-corrected chi connectivity index (χ3v) is 5.07. The lowest BCUT2D eigenvalue weighted by molar-refractivity contribution is 0.434. The first-order chi connectivity index (χ1) is 12.9. The molecule has 140 valence electrons. The third kappa shape index (κ3) is 4.27. The molecule has 0 unspecified atom stereocenters. The first-order valence-corrected chi connectivity index (χ1v) is 9.46. The monoisotopic (exact) mass is 429 g/mol. The fraction of sp³-hybridized carbons (Fsp3) is 0.238. The fourth-order valence-electron chi connectivity index (χ4n) is 2.67. The van der Waals surface area contributed by atoms with Crippen LogP contribution in [-0.4, -0.2) is 30.0 Å². The van der Waals surface area contributed by atoms with E-state index in [0.29, 0.717) is 15.9 Å². The summed E-state index contributed by atoms with van der Waals surface area (Å²) < 4.78 is 19.5. The van der Waals surface area contributed by atoms with Gasteiger partial charge in [0.05, 0.1) is 12.0 Å². The largest absolute Gasteiger partial charge is 0.366 e. The van der Waals surface area contributed by atoms with Crippen LogP contribution in [0, 0.1) is 19.7 Å². The molecule has 0 aliphatic heterocycles. The molecule has 0 radical (unpaired) electrons. The number of nitrogens with zero attached hydrogens (tertiary/aromatic N) is 3. The van der Waals surface area contributed by atoms with Crippen LogP contribution >= 0.6 is 15.9 Å². The highest BCUT2D eigenvalue weighted by atomic mass is 79.9. The molecule has 3 rings (SSSR count). The van der Waals surface area contributed by atoms with Gasteiger partial charge in [-0.1, -0.05) is 5.16 Å². The SMILES string of the molecule is CCN(C)C=Nc1cc(C)c(-c2cc(-c3ccc(F)cc3Br)no2)cc1C. The van der Waals surface area contributed by atoms with Crippen molar-refractivity contribution in [3.8, 4) is 22.6 Å². The second-order valence-electron chi connectivity index (χ2n) is 6.47. The average molecular weight is 430 g/mol. The molecule has 0 fully saturated rings. The summed E-state index contributed by atoms with van der Waals surface area (Å²) in [5.74, 6) is 0.369. The summed E-state index contributed by atoms with van der Waals surface area (Å²) in [6, 6.07) is 10.5. The van der Waals surface area contributed by atoms with Gasteiger partial charge in [0.2, 0.25) is 0 Å². The molecule has 4 nitrogen and oxygen atoms in total. The molecule has 2 aromatic carbocycles. The standard InChI is InChI=1S/C21H21BrFN3O/c1-5-26(4)12-24-19-9-13(2)17(8-14(19)3)21-11-20(25-27-21)16-7-6-15(23)10-18(16)22/h6-12H,5H2,1-4H3. The molecule has 0 aliphatic carbocycles. The van der Waals surface area contributed by atoms with Gasteiger partial charge in [-0.25, -0.2) is 9.38 Å². The Morgan fingerprint density at radius 3 is 2.63 bits per heavy atom. The number of benzene rings is 2. The van der Waals surface area contributed by atoms with E-state index in [2.05, 4.69) is 39.1 Å². The molecule has 0 bridgehead atoms. The Morgan fingerprint density at radius 2 is 1.93 bits per heavy atom. The van der Waals surface area contributed by atoms with Gasteiger partial charge in [-0.15, -0.1) is 0 Å². The maximum atomic E-state index is 13.3. The summed E-state index contributed by atoms with van der Waals surface area (Å²) in [5, 5.41) is 4.15. The summed E-state index contributed by atoms with van der Waals surface area (Å²) in [4.78, 5) is 6.58. The van der Waals surface area contributed by atoms with Gasteiger partial charge in [0.25, 0.3) is 0 Å². The quantitative estimate of drug-likeness (QED) is 0.361. The van der Waals surface area contributed by atoms with Crippen molar-refractivity contribution in [3.05, 3.63) is 57.8 Å². The highest BCUT2D eigenvalue weighted by Crippen LogP contribution is 2.34. The molecule has 0 N–H and O–H groups in total.